The van der Waals surface area contributed by atoms with Crippen LogP contribution >= 0.6 is 38.9 Å². The van der Waals surface area contributed by atoms with Crippen molar-refractivity contribution in [2.45, 2.75) is 13.8 Å². The molecule has 3 aromatic rings. The van der Waals surface area contributed by atoms with E-state index in [1.165, 1.54) is 11.3 Å². The van der Waals surface area contributed by atoms with Gasteiger partial charge < -0.3 is 10.1 Å². The van der Waals surface area contributed by atoms with Crippen molar-refractivity contribution in [2.75, 3.05) is 11.9 Å². The number of rotatable bonds is 5. The summed E-state index contributed by atoms with van der Waals surface area (Å²) in [7, 11) is 0. The summed E-state index contributed by atoms with van der Waals surface area (Å²) < 4.78 is 6.14. The van der Waals surface area contributed by atoms with Gasteiger partial charge in [0.25, 0.3) is 5.91 Å². The highest BCUT2D eigenvalue weighted by atomic mass is 79.9. The Hall–Kier alpha value is -2.15. The molecule has 0 saturated heterocycles. The third-order valence-corrected chi connectivity index (χ3v) is 5.83. The predicted octanol–water partition coefficient (Wildman–Crippen LogP) is 6.57. The molecule has 7 heteroatoms. The second kappa shape index (κ2) is 8.90. The highest BCUT2D eigenvalue weighted by Gasteiger charge is 2.25. The third-order valence-electron chi connectivity index (χ3n) is 4.03. The molecule has 0 aliphatic carbocycles. The Morgan fingerprint density at radius 1 is 1.11 bits per heavy atom. The maximum Gasteiger partial charge on any atom is 0.341 e. The van der Waals surface area contributed by atoms with E-state index >= 15 is 0 Å². The molecule has 0 spiro atoms. The number of esters is 1. The molecule has 4 nitrogen and oxygen atoms in total. The normalized spacial score (nSPS) is 10.6. The van der Waals surface area contributed by atoms with E-state index in [0.717, 1.165) is 20.5 Å². The Morgan fingerprint density at radius 2 is 1.75 bits per heavy atom. The van der Waals surface area contributed by atoms with Crippen molar-refractivity contribution < 1.29 is 14.3 Å². The predicted molar refractivity (Wildman–Crippen MR) is 118 cm³/mol. The molecule has 0 unspecified atom stereocenters. The molecule has 0 saturated carbocycles. The molecule has 1 heterocycles. The maximum atomic E-state index is 12.7. The van der Waals surface area contributed by atoms with E-state index in [4.69, 9.17) is 16.3 Å². The number of hydrogen-bond donors (Lipinski definition) is 1. The van der Waals surface area contributed by atoms with E-state index < -0.39 is 5.97 Å². The average molecular weight is 479 g/mol. The Balaban J connectivity index is 2.04. The smallest absolute Gasteiger partial charge is 0.341 e. The number of thiophene rings is 1. The van der Waals surface area contributed by atoms with Gasteiger partial charge in [0.2, 0.25) is 0 Å². The molecule has 0 radical (unpaired) electrons. The van der Waals surface area contributed by atoms with Crippen LogP contribution in [0, 0.1) is 6.92 Å². The van der Waals surface area contributed by atoms with Crippen LogP contribution in [0.25, 0.3) is 11.1 Å². The fraction of sp³-hybridized carbons (Fsp3) is 0.143. The van der Waals surface area contributed by atoms with Gasteiger partial charge in [-0.15, -0.1) is 11.3 Å². The summed E-state index contributed by atoms with van der Waals surface area (Å²) in [5.74, 6) is -0.759. The SMILES string of the molecule is CCOC(=O)c1c(NC(=O)c2ccc(Br)cc2)sc(C)c1-c1ccc(Cl)cc1. The topological polar surface area (TPSA) is 55.4 Å². The molecule has 1 aromatic heterocycles. The van der Waals surface area contributed by atoms with Crippen molar-refractivity contribution in [3.05, 3.63) is 74.0 Å². The van der Waals surface area contributed by atoms with Crippen LogP contribution in [-0.4, -0.2) is 18.5 Å². The number of nitrogens with one attached hydrogen (secondary N) is 1. The molecule has 0 bridgehead atoms. The van der Waals surface area contributed by atoms with E-state index in [-0.39, 0.29) is 12.5 Å². The Labute approximate surface area is 180 Å². The second-order valence-electron chi connectivity index (χ2n) is 5.93. The average Bonchev–Trinajstić information content (AvgIpc) is 2.99. The summed E-state index contributed by atoms with van der Waals surface area (Å²) in [5, 5.41) is 3.94. The van der Waals surface area contributed by atoms with Crippen molar-refractivity contribution in [1.82, 2.24) is 0 Å². The van der Waals surface area contributed by atoms with Crippen LogP contribution in [-0.2, 0) is 4.74 Å². The fourth-order valence-corrected chi connectivity index (χ4v) is 4.22. The first-order chi connectivity index (χ1) is 13.4. The lowest BCUT2D eigenvalue weighted by molar-refractivity contribution is 0.0529. The molecule has 0 atom stereocenters. The van der Waals surface area contributed by atoms with E-state index in [0.29, 0.717) is 21.2 Å². The number of amides is 1. The van der Waals surface area contributed by atoms with Gasteiger partial charge >= 0.3 is 5.97 Å². The van der Waals surface area contributed by atoms with E-state index in [9.17, 15) is 9.59 Å². The lowest BCUT2D eigenvalue weighted by Gasteiger charge is -2.09. The van der Waals surface area contributed by atoms with Crippen LogP contribution in [0.4, 0.5) is 5.00 Å². The van der Waals surface area contributed by atoms with Crippen LogP contribution in [0.1, 0.15) is 32.5 Å². The zero-order valence-corrected chi connectivity index (χ0v) is 18.4. The monoisotopic (exact) mass is 477 g/mol. The van der Waals surface area contributed by atoms with Gasteiger partial charge in [-0.1, -0.05) is 39.7 Å². The van der Waals surface area contributed by atoms with Crippen LogP contribution in [0.3, 0.4) is 0 Å². The summed E-state index contributed by atoms with van der Waals surface area (Å²) in [6, 6.07) is 14.2. The van der Waals surface area contributed by atoms with Crippen molar-refractivity contribution in [1.29, 1.82) is 0 Å². The van der Waals surface area contributed by atoms with Crippen molar-refractivity contribution >= 4 is 55.7 Å². The van der Waals surface area contributed by atoms with Gasteiger partial charge in [0, 0.05) is 25.5 Å². The van der Waals surface area contributed by atoms with Crippen molar-refractivity contribution in [3.8, 4) is 11.1 Å². The van der Waals surface area contributed by atoms with Gasteiger partial charge in [0.15, 0.2) is 0 Å². The lowest BCUT2D eigenvalue weighted by atomic mass is 10.0. The van der Waals surface area contributed by atoms with Gasteiger partial charge in [-0.3, -0.25) is 4.79 Å². The molecular formula is C21H17BrClNO3S. The minimum absolute atomic E-state index is 0.244. The van der Waals surface area contributed by atoms with E-state index in [2.05, 4.69) is 21.2 Å². The first-order valence-corrected chi connectivity index (χ1v) is 10.5. The largest absolute Gasteiger partial charge is 0.462 e. The highest BCUT2D eigenvalue weighted by Crippen LogP contribution is 2.41. The number of anilines is 1. The second-order valence-corrected chi connectivity index (χ2v) is 8.50. The first kappa shape index (κ1) is 20.6. The van der Waals surface area contributed by atoms with Gasteiger partial charge in [0.05, 0.1) is 6.61 Å². The molecule has 1 amide bonds. The maximum absolute atomic E-state index is 12.7. The quantitative estimate of drug-likeness (QED) is 0.422. The molecular weight excluding hydrogens is 462 g/mol. The number of benzene rings is 2. The van der Waals surface area contributed by atoms with E-state index in [1.807, 2.05) is 19.1 Å². The molecule has 144 valence electrons. The number of ether oxygens (including phenoxy) is 1. The molecule has 28 heavy (non-hydrogen) atoms. The van der Waals surface area contributed by atoms with Gasteiger partial charge in [-0.25, -0.2) is 4.79 Å². The molecule has 0 fully saturated rings. The number of halogens is 2. The number of aryl methyl sites for hydroxylation is 1. The minimum Gasteiger partial charge on any atom is -0.462 e. The fourth-order valence-electron chi connectivity index (χ4n) is 2.77. The standard InChI is InChI=1S/C21H17BrClNO3S/c1-3-27-21(26)18-17(13-6-10-16(23)11-7-13)12(2)28-20(18)24-19(25)14-4-8-15(22)9-5-14/h4-11H,3H2,1-2H3,(H,24,25). The van der Waals surface area contributed by atoms with Crippen LogP contribution in [0.2, 0.25) is 5.02 Å². The minimum atomic E-state index is -0.470. The Bertz CT molecular complexity index is 1010. The van der Waals surface area contributed by atoms with Crippen molar-refractivity contribution in [3.63, 3.8) is 0 Å². The summed E-state index contributed by atoms with van der Waals surface area (Å²) in [6.45, 7) is 3.90. The lowest BCUT2D eigenvalue weighted by Crippen LogP contribution is -2.14. The van der Waals surface area contributed by atoms with Crippen LogP contribution in [0.5, 0.6) is 0 Å². The molecule has 0 aliphatic heterocycles. The number of hydrogen-bond acceptors (Lipinski definition) is 4. The summed E-state index contributed by atoms with van der Waals surface area (Å²) in [4.78, 5) is 26.3. The summed E-state index contributed by atoms with van der Waals surface area (Å²) in [6.07, 6.45) is 0. The highest BCUT2D eigenvalue weighted by molar-refractivity contribution is 9.10. The zero-order chi connectivity index (χ0) is 20.3. The molecule has 0 aliphatic rings. The van der Waals surface area contributed by atoms with E-state index in [1.54, 1.807) is 43.3 Å². The Morgan fingerprint density at radius 3 is 2.36 bits per heavy atom. The third kappa shape index (κ3) is 4.46. The molecule has 3 rings (SSSR count). The first-order valence-electron chi connectivity index (χ1n) is 8.54. The van der Waals surface area contributed by atoms with Crippen molar-refractivity contribution in [2.24, 2.45) is 0 Å². The van der Waals surface area contributed by atoms with Gasteiger partial charge in [-0.2, -0.15) is 0 Å². The Kier molecular flexibility index (Phi) is 6.54. The molecule has 2 aromatic carbocycles. The van der Waals surface area contributed by atoms with Crippen LogP contribution < -0.4 is 5.32 Å². The molecule has 1 N–H and O–H groups in total. The number of carbonyl (C=O) groups is 2. The van der Waals surface area contributed by atoms with Gasteiger partial charge in [0.1, 0.15) is 10.6 Å². The zero-order valence-electron chi connectivity index (χ0n) is 15.2. The van der Waals surface area contributed by atoms with Gasteiger partial charge in [-0.05, 0) is 55.8 Å². The summed E-state index contributed by atoms with van der Waals surface area (Å²) >= 11 is 10.7. The van der Waals surface area contributed by atoms with Crippen LogP contribution in [0.15, 0.2) is 53.0 Å². The summed E-state index contributed by atoms with van der Waals surface area (Å²) in [5.41, 5.74) is 2.44. The number of carbonyl (C=O) groups excluding carboxylic acids is 2.